The highest BCUT2D eigenvalue weighted by atomic mass is 35.5. The minimum Gasteiger partial charge on any atom is -0.352 e. The lowest BCUT2D eigenvalue weighted by Gasteiger charge is -2.18. The van der Waals surface area contributed by atoms with Crippen LogP contribution >= 0.6 is 12.4 Å². The fourth-order valence-corrected chi connectivity index (χ4v) is 3.53. The van der Waals surface area contributed by atoms with E-state index in [1.165, 1.54) is 16.4 Å². The Morgan fingerprint density at radius 3 is 2.43 bits per heavy atom. The highest BCUT2D eigenvalue weighted by molar-refractivity contribution is 7.89. The van der Waals surface area contributed by atoms with Crippen LogP contribution in [-0.2, 0) is 10.0 Å². The molecule has 0 fully saturated rings. The first kappa shape index (κ1) is 21.9. The van der Waals surface area contributed by atoms with E-state index in [9.17, 15) is 13.2 Å². The number of carbonyl (C=O) groups is 1. The number of hydrogen-bond acceptors (Lipinski definition) is 4. The van der Waals surface area contributed by atoms with Crippen LogP contribution in [0.2, 0.25) is 0 Å². The Kier molecular flexibility index (Phi) is 9.38. The lowest BCUT2D eigenvalue weighted by atomic mass is 10.2. The van der Waals surface area contributed by atoms with E-state index < -0.39 is 10.0 Å². The largest absolute Gasteiger partial charge is 0.352 e. The molecule has 1 atom stereocenters. The average molecular weight is 364 g/mol. The summed E-state index contributed by atoms with van der Waals surface area (Å²) in [6.07, 6.45) is 0.670. The van der Waals surface area contributed by atoms with Crippen molar-refractivity contribution in [3.8, 4) is 0 Å². The number of nitrogens with two attached hydrogens (primary N) is 1. The molecule has 0 radical (unpaired) electrons. The molecule has 0 aliphatic heterocycles. The molecule has 132 valence electrons. The molecule has 0 aliphatic carbocycles. The summed E-state index contributed by atoms with van der Waals surface area (Å²) in [5.74, 6) is -0.294. The third-order valence-corrected chi connectivity index (χ3v) is 5.37. The molecule has 8 heteroatoms. The Balaban J connectivity index is 0.00000484. The van der Waals surface area contributed by atoms with Gasteiger partial charge in [-0.25, -0.2) is 8.42 Å². The molecular weight excluding hydrogens is 338 g/mol. The van der Waals surface area contributed by atoms with E-state index in [4.69, 9.17) is 5.73 Å². The van der Waals surface area contributed by atoms with Gasteiger partial charge in [-0.2, -0.15) is 4.31 Å². The van der Waals surface area contributed by atoms with Gasteiger partial charge in [0.2, 0.25) is 10.0 Å². The van der Waals surface area contributed by atoms with Crippen molar-refractivity contribution < 1.29 is 13.2 Å². The van der Waals surface area contributed by atoms with Gasteiger partial charge in [0.25, 0.3) is 5.91 Å². The highest BCUT2D eigenvalue weighted by Gasteiger charge is 2.22. The van der Waals surface area contributed by atoms with Gasteiger partial charge in [0, 0.05) is 31.2 Å². The second-order valence-electron chi connectivity index (χ2n) is 5.14. The molecule has 6 nitrogen and oxygen atoms in total. The summed E-state index contributed by atoms with van der Waals surface area (Å²) in [4.78, 5) is 12.2. The van der Waals surface area contributed by atoms with Crippen molar-refractivity contribution in [2.45, 2.75) is 38.1 Å². The monoisotopic (exact) mass is 363 g/mol. The van der Waals surface area contributed by atoms with Crippen LogP contribution in [0.1, 0.15) is 37.6 Å². The first-order chi connectivity index (χ1) is 10.3. The number of rotatable bonds is 8. The van der Waals surface area contributed by atoms with Gasteiger partial charge in [-0.3, -0.25) is 4.79 Å². The Labute approximate surface area is 144 Å². The summed E-state index contributed by atoms with van der Waals surface area (Å²) >= 11 is 0. The van der Waals surface area contributed by atoms with Gasteiger partial charge in [0.15, 0.2) is 0 Å². The van der Waals surface area contributed by atoms with Crippen molar-refractivity contribution in [2.24, 2.45) is 5.73 Å². The SMILES string of the molecule is CCN(CC)S(=O)(=O)c1cccc(C(=O)NCCC(C)N)c1.Cl. The van der Waals surface area contributed by atoms with E-state index in [2.05, 4.69) is 5.32 Å². The first-order valence-corrected chi connectivity index (χ1v) is 8.90. The Bertz CT molecular complexity index is 602. The van der Waals surface area contributed by atoms with Crippen molar-refractivity contribution >= 4 is 28.3 Å². The molecule has 0 heterocycles. The molecule has 1 aromatic rings. The second-order valence-corrected chi connectivity index (χ2v) is 7.08. The molecule has 1 unspecified atom stereocenters. The van der Waals surface area contributed by atoms with E-state index >= 15 is 0 Å². The summed E-state index contributed by atoms with van der Waals surface area (Å²) in [5.41, 5.74) is 5.96. The van der Waals surface area contributed by atoms with E-state index in [-0.39, 0.29) is 29.3 Å². The van der Waals surface area contributed by atoms with Crippen molar-refractivity contribution in [3.63, 3.8) is 0 Å². The third-order valence-electron chi connectivity index (χ3n) is 3.32. The normalized spacial score (nSPS) is 12.6. The van der Waals surface area contributed by atoms with Crippen LogP contribution in [0.5, 0.6) is 0 Å². The summed E-state index contributed by atoms with van der Waals surface area (Å²) in [5, 5.41) is 2.74. The maximum Gasteiger partial charge on any atom is 0.251 e. The number of halogens is 1. The maximum absolute atomic E-state index is 12.5. The van der Waals surface area contributed by atoms with Crippen LogP contribution in [0.15, 0.2) is 29.2 Å². The minimum atomic E-state index is -3.56. The Morgan fingerprint density at radius 2 is 1.91 bits per heavy atom. The molecule has 23 heavy (non-hydrogen) atoms. The molecule has 0 saturated heterocycles. The van der Waals surface area contributed by atoms with Gasteiger partial charge in [-0.1, -0.05) is 19.9 Å². The lowest BCUT2D eigenvalue weighted by molar-refractivity contribution is 0.0952. The van der Waals surface area contributed by atoms with Crippen molar-refractivity contribution in [2.75, 3.05) is 19.6 Å². The molecule has 0 aliphatic rings. The standard InChI is InChI=1S/C15H25N3O3S.ClH/c1-4-18(5-2)22(20,21)14-8-6-7-13(11-14)15(19)17-10-9-12(3)16;/h6-8,11-12H,4-5,9-10,16H2,1-3H3,(H,17,19);1H. The third kappa shape index (κ3) is 6.10. The van der Waals surface area contributed by atoms with Gasteiger partial charge < -0.3 is 11.1 Å². The van der Waals surface area contributed by atoms with Crippen molar-refractivity contribution in [3.05, 3.63) is 29.8 Å². The van der Waals surface area contributed by atoms with Crippen LogP contribution in [-0.4, -0.2) is 44.3 Å². The van der Waals surface area contributed by atoms with Gasteiger partial charge in [-0.15, -0.1) is 12.4 Å². The topological polar surface area (TPSA) is 92.5 Å². The summed E-state index contributed by atoms with van der Waals surface area (Å²) in [6.45, 7) is 6.68. The Hall–Kier alpha value is -1.15. The molecule has 0 saturated carbocycles. The molecule has 0 bridgehead atoms. The van der Waals surface area contributed by atoms with Gasteiger partial charge in [-0.05, 0) is 31.5 Å². The minimum absolute atomic E-state index is 0. The number of carbonyl (C=O) groups excluding carboxylic acids is 1. The highest BCUT2D eigenvalue weighted by Crippen LogP contribution is 2.16. The molecule has 0 spiro atoms. The fourth-order valence-electron chi connectivity index (χ4n) is 2.03. The number of sulfonamides is 1. The zero-order chi connectivity index (χ0) is 16.8. The first-order valence-electron chi connectivity index (χ1n) is 7.46. The number of nitrogens with zero attached hydrogens (tertiary/aromatic N) is 1. The van der Waals surface area contributed by atoms with Crippen LogP contribution in [0.25, 0.3) is 0 Å². The summed E-state index contributed by atoms with van der Waals surface area (Å²) in [7, 11) is -3.56. The predicted molar refractivity (Wildman–Crippen MR) is 94.4 cm³/mol. The van der Waals surface area contributed by atoms with Crippen LogP contribution in [0.3, 0.4) is 0 Å². The van der Waals surface area contributed by atoms with Crippen molar-refractivity contribution in [1.29, 1.82) is 0 Å². The molecule has 1 aromatic carbocycles. The van der Waals surface area contributed by atoms with Gasteiger partial charge in [0.1, 0.15) is 0 Å². The quantitative estimate of drug-likeness (QED) is 0.733. The van der Waals surface area contributed by atoms with Crippen LogP contribution < -0.4 is 11.1 Å². The fraction of sp³-hybridized carbons (Fsp3) is 0.533. The molecule has 3 N–H and O–H groups in total. The maximum atomic E-state index is 12.5. The van der Waals surface area contributed by atoms with E-state index in [0.717, 1.165) is 0 Å². The Morgan fingerprint density at radius 1 is 1.30 bits per heavy atom. The predicted octanol–water partition coefficient (Wildman–Crippen LogP) is 1.61. The van der Waals surface area contributed by atoms with Crippen molar-refractivity contribution in [1.82, 2.24) is 9.62 Å². The zero-order valence-electron chi connectivity index (χ0n) is 13.8. The zero-order valence-corrected chi connectivity index (χ0v) is 15.4. The molecule has 0 aromatic heterocycles. The lowest BCUT2D eigenvalue weighted by Crippen LogP contribution is -2.31. The van der Waals surface area contributed by atoms with E-state index in [1.54, 1.807) is 26.0 Å². The van der Waals surface area contributed by atoms with Gasteiger partial charge >= 0.3 is 0 Å². The summed E-state index contributed by atoms with van der Waals surface area (Å²) in [6, 6.07) is 6.11. The average Bonchev–Trinajstić information content (AvgIpc) is 2.48. The number of hydrogen-bond donors (Lipinski definition) is 2. The molecule has 1 rings (SSSR count). The molecule has 1 amide bonds. The summed E-state index contributed by atoms with van der Waals surface area (Å²) < 4.78 is 26.3. The number of benzene rings is 1. The smallest absolute Gasteiger partial charge is 0.251 e. The van der Waals surface area contributed by atoms with E-state index in [0.29, 0.717) is 31.6 Å². The van der Waals surface area contributed by atoms with E-state index in [1.807, 2.05) is 6.92 Å². The van der Waals surface area contributed by atoms with Crippen LogP contribution in [0, 0.1) is 0 Å². The number of nitrogens with one attached hydrogen (secondary N) is 1. The molecular formula is C15H26ClN3O3S. The van der Waals surface area contributed by atoms with Crippen LogP contribution in [0.4, 0.5) is 0 Å². The second kappa shape index (κ2) is 9.87. The van der Waals surface area contributed by atoms with Gasteiger partial charge in [0.05, 0.1) is 4.90 Å². The number of amides is 1.